The normalized spacial score (nSPS) is 20.2. The number of aromatic nitrogens is 1. The van der Waals surface area contributed by atoms with Gasteiger partial charge in [-0.05, 0) is 43.7 Å². The van der Waals surface area contributed by atoms with Crippen molar-refractivity contribution in [3.05, 3.63) is 68.1 Å². The molecule has 3 aromatic rings. The molecule has 3 atom stereocenters. The van der Waals surface area contributed by atoms with Crippen molar-refractivity contribution in [2.45, 2.75) is 36.6 Å². The van der Waals surface area contributed by atoms with Gasteiger partial charge < -0.3 is 14.2 Å². The number of rotatable bonds is 7. The van der Waals surface area contributed by atoms with E-state index < -0.39 is 23.1 Å². The summed E-state index contributed by atoms with van der Waals surface area (Å²) in [6.45, 7) is 3.54. The van der Waals surface area contributed by atoms with Gasteiger partial charge in [-0.15, -0.1) is 0 Å². The van der Waals surface area contributed by atoms with Gasteiger partial charge in [-0.25, -0.2) is 4.90 Å². The molecule has 0 aliphatic carbocycles. The number of carbonyl (C=O) groups excluding carboxylic acids is 3. The number of benzene rings is 2. The van der Waals surface area contributed by atoms with E-state index in [9.17, 15) is 19.2 Å². The van der Waals surface area contributed by atoms with E-state index in [-0.39, 0.29) is 29.8 Å². The fraction of sp³-hybridized carbons (Fsp3) is 0.333. The van der Waals surface area contributed by atoms with Crippen LogP contribution in [0.5, 0.6) is 11.5 Å². The van der Waals surface area contributed by atoms with Crippen LogP contribution in [0.3, 0.4) is 0 Å². The van der Waals surface area contributed by atoms with E-state index in [1.54, 1.807) is 31.2 Å². The minimum atomic E-state index is -0.781. The number of aryl methyl sites for hydroxylation is 1. The Kier molecular flexibility index (Phi) is 7.06. The number of nitrogens with zero attached hydrogens (tertiary/aromatic N) is 2. The number of methoxy groups -OCH3 is 2. The fourth-order valence-corrected chi connectivity index (χ4v) is 7.72. The summed E-state index contributed by atoms with van der Waals surface area (Å²) in [6, 6.07) is 12.5. The lowest BCUT2D eigenvalue weighted by molar-refractivity contribution is -0.144. The lowest BCUT2D eigenvalue weighted by Gasteiger charge is -2.31. The van der Waals surface area contributed by atoms with Crippen molar-refractivity contribution in [2.24, 2.45) is 5.92 Å². The number of fused-ring (bicyclic) bond motifs is 2. The first kappa shape index (κ1) is 26.1. The van der Waals surface area contributed by atoms with Gasteiger partial charge in [-0.2, -0.15) is 0 Å². The van der Waals surface area contributed by atoms with Crippen LogP contribution in [0.25, 0.3) is 0 Å². The van der Waals surface area contributed by atoms with E-state index in [0.717, 1.165) is 28.7 Å². The Morgan fingerprint density at radius 1 is 0.974 bits per heavy atom. The highest BCUT2D eigenvalue weighted by atomic mass is 32.2. The van der Waals surface area contributed by atoms with Gasteiger partial charge >= 0.3 is 10.8 Å². The third-order valence-corrected chi connectivity index (χ3v) is 9.30. The lowest BCUT2D eigenvalue weighted by atomic mass is 9.83. The number of hydrogen-bond donors (Lipinski definition) is 0. The second-order valence-electron chi connectivity index (χ2n) is 8.93. The third kappa shape index (κ3) is 4.29. The Labute approximate surface area is 227 Å². The molecule has 1 aromatic heterocycles. The predicted octanol–water partition coefficient (Wildman–Crippen LogP) is 3.59. The van der Waals surface area contributed by atoms with Crippen molar-refractivity contribution in [3.8, 4) is 11.5 Å². The summed E-state index contributed by atoms with van der Waals surface area (Å²) in [5, 5.41) is -0.280. The fourth-order valence-electron chi connectivity index (χ4n) is 4.94. The van der Waals surface area contributed by atoms with Gasteiger partial charge in [0.1, 0.15) is 11.8 Å². The highest BCUT2D eigenvalue weighted by Crippen LogP contribution is 2.54. The number of thiazole rings is 1. The van der Waals surface area contributed by atoms with Crippen molar-refractivity contribution in [1.82, 2.24) is 4.57 Å². The lowest BCUT2D eigenvalue weighted by Crippen LogP contribution is -2.32. The quantitative estimate of drug-likeness (QED) is 0.322. The second kappa shape index (κ2) is 10.3. The van der Waals surface area contributed by atoms with Gasteiger partial charge in [0.05, 0.1) is 37.5 Å². The zero-order valence-electron chi connectivity index (χ0n) is 21.3. The maximum Gasteiger partial charge on any atom is 0.326 e. The second-order valence-corrected chi connectivity index (χ2v) is 11.1. The van der Waals surface area contributed by atoms with Gasteiger partial charge in [0.25, 0.3) is 0 Å². The molecular formula is C27H26N2O7S2. The summed E-state index contributed by atoms with van der Waals surface area (Å²) in [6.07, 6.45) is 0. The van der Waals surface area contributed by atoms with Gasteiger partial charge in [0.15, 0.2) is 11.5 Å². The van der Waals surface area contributed by atoms with Crippen molar-refractivity contribution in [2.75, 3.05) is 25.7 Å². The molecule has 0 saturated carbocycles. The molecule has 2 aliphatic rings. The van der Waals surface area contributed by atoms with Crippen molar-refractivity contribution in [1.29, 1.82) is 0 Å². The Morgan fingerprint density at radius 3 is 2.34 bits per heavy atom. The molecule has 0 radical (unpaired) electrons. The first-order chi connectivity index (χ1) is 18.3. The molecule has 1 fully saturated rings. The smallest absolute Gasteiger partial charge is 0.326 e. The maximum absolute atomic E-state index is 13.9. The van der Waals surface area contributed by atoms with Crippen LogP contribution < -0.4 is 19.2 Å². The largest absolute Gasteiger partial charge is 0.493 e. The zero-order chi connectivity index (χ0) is 27.1. The van der Waals surface area contributed by atoms with E-state index in [0.29, 0.717) is 32.7 Å². The third-order valence-electron chi connectivity index (χ3n) is 6.70. The topological polar surface area (TPSA) is 104 Å². The predicted molar refractivity (Wildman–Crippen MR) is 143 cm³/mol. The Balaban J connectivity index is 1.67. The SMILES string of the molecule is CCOC(=O)Cn1c2c(sc1=O)[C@H](c1ccc(OC)c(OC)c1)C1C(=O)N(c3ccc(C)cc3)C(=O)C1S2. The molecule has 5 rings (SSSR count). The van der Waals surface area contributed by atoms with Crippen LogP contribution in [-0.4, -0.2) is 48.4 Å². The van der Waals surface area contributed by atoms with Gasteiger partial charge in [-0.3, -0.25) is 23.7 Å². The van der Waals surface area contributed by atoms with Crippen LogP contribution in [0.15, 0.2) is 52.3 Å². The number of hydrogen-bond acceptors (Lipinski definition) is 9. The van der Waals surface area contributed by atoms with Crippen LogP contribution in [0.2, 0.25) is 0 Å². The maximum atomic E-state index is 13.9. The average Bonchev–Trinajstić information content (AvgIpc) is 3.35. The van der Waals surface area contributed by atoms with E-state index in [1.165, 1.54) is 23.7 Å². The van der Waals surface area contributed by atoms with Gasteiger partial charge in [0.2, 0.25) is 11.8 Å². The van der Waals surface area contributed by atoms with Gasteiger partial charge in [0, 0.05) is 10.8 Å². The molecule has 11 heteroatoms. The molecule has 198 valence electrons. The van der Waals surface area contributed by atoms with Gasteiger partial charge in [-0.1, -0.05) is 46.9 Å². The molecule has 0 spiro atoms. The number of esters is 1. The van der Waals surface area contributed by atoms with Crippen LogP contribution >= 0.6 is 23.1 Å². The molecule has 9 nitrogen and oxygen atoms in total. The number of imide groups is 1. The summed E-state index contributed by atoms with van der Waals surface area (Å²) in [5.41, 5.74) is 2.21. The molecule has 0 bridgehead atoms. The Hall–Kier alpha value is -3.57. The van der Waals surface area contributed by atoms with Crippen LogP contribution in [0.1, 0.15) is 28.8 Å². The number of amides is 2. The Morgan fingerprint density at radius 2 is 1.68 bits per heavy atom. The highest BCUT2D eigenvalue weighted by molar-refractivity contribution is 8.00. The van der Waals surface area contributed by atoms with Crippen molar-refractivity contribution >= 4 is 46.6 Å². The first-order valence-corrected chi connectivity index (χ1v) is 13.7. The molecule has 2 amide bonds. The summed E-state index contributed by atoms with van der Waals surface area (Å²) in [7, 11) is 3.05. The first-order valence-electron chi connectivity index (χ1n) is 12.0. The van der Waals surface area contributed by atoms with E-state index >= 15 is 0 Å². The van der Waals surface area contributed by atoms with Crippen LogP contribution in [0.4, 0.5) is 5.69 Å². The summed E-state index contributed by atoms with van der Waals surface area (Å²) >= 11 is 2.14. The molecule has 1 saturated heterocycles. The monoisotopic (exact) mass is 554 g/mol. The molecule has 2 aliphatic heterocycles. The molecule has 2 aromatic carbocycles. The molecule has 38 heavy (non-hydrogen) atoms. The molecule has 2 unspecified atom stereocenters. The summed E-state index contributed by atoms with van der Waals surface area (Å²) in [4.78, 5) is 54.6. The Bertz CT molecular complexity index is 1480. The summed E-state index contributed by atoms with van der Waals surface area (Å²) in [5.74, 6) is -1.62. The standard InChI is InChI=1S/C27H26N2O7S2/c1-5-36-19(30)13-28-26-23(38-27(28)33)20(15-8-11-17(34-3)18(12-15)35-4)21-22(37-26)25(32)29(24(21)31)16-9-6-14(2)7-10-16/h6-12,20-22H,5,13H2,1-4H3/t20-,21?,22?/m1/s1. The molecule has 0 N–H and O–H groups in total. The minimum absolute atomic E-state index is 0.185. The average molecular weight is 555 g/mol. The van der Waals surface area contributed by atoms with E-state index in [2.05, 4.69) is 0 Å². The minimum Gasteiger partial charge on any atom is -0.493 e. The number of anilines is 1. The highest BCUT2D eigenvalue weighted by Gasteiger charge is 2.57. The molecular weight excluding hydrogens is 528 g/mol. The van der Waals surface area contributed by atoms with Crippen molar-refractivity contribution < 1.29 is 28.6 Å². The number of thioether (sulfide) groups is 1. The molecule has 3 heterocycles. The summed E-state index contributed by atoms with van der Waals surface area (Å²) < 4.78 is 17.3. The number of carbonyl (C=O) groups is 3. The van der Waals surface area contributed by atoms with Crippen LogP contribution in [-0.2, 0) is 25.7 Å². The van der Waals surface area contributed by atoms with E-state index in [1.807, 2.05) is 25.1 Å². The zero-order valence-corrected chi connectivity index (χ0v) is 22.9. The van der Waals surface area contributed by atoms with Crippen molar-refractivity contribution in [3.63, 3.8) is 0 Å². The van der Waals surface area contributed by atoms with E-state index in [4.69, 9.17) is 14.2 Å². The number of ether oxygens (including phenoxy) is 3. The van der Waals surface area contributed by atoms with Crippen LogP contribution in [0, 0.1) is 12.8 Å².